The first-order valence-electron chi connectivity index (χ1n) is 9.72. The first-order chi connectivity index (χ1) is 14.6. The third-order valence-corrected chi connectivity index (χ3v) is 4.99. The molecule has 2 aromatic carbocycles. The zero-order valence-corrected chi connectivity index (χ0v) is 16.8. The highest BCUT2D eigenvalue weighted by atomic mass is 19.1. The molecule has 1 fully saturated rings. The Balaban J connectivity index is 1.72. The van der Waals surface area contributed by atoms with E-state index in [9.17, 15) is 14.4 Å². The standard InChI is InChI=1S/C23H24FN3O3/c1-29-21-8-2-17(3-9-21)14-19(15-25)23(28)26-16-22(27-10-12-30-13-11-27)18-4-6-20(24)7-5-18/h2-9,14,22H,10-13,16H2,1H3,(H,26,28)/b19-14+/t22-/m0/s1. The highest BCUT2D eigenvalue weighted by Gasteiger charge is 2.24. The summed E-state index contributed by atoms with van der Waals surface area (Å²) in [7, 11) is 1.57. The van der Waals surface area contributed by atoms with Crippen molar-refractivity contribution in [3.63, 3.8) is 0 Å². The van der Waals surface area contributed by atoms with Crippen molar-refractivity contribution in [1.82, 2.24) is 10.2 Å². The molecule has 1 N–H and O–H groups in total. The number of rotatable bonds is 7. The molecule has 2 aromatic rings. The zero-order valence-electron chi connectivity index (χ0n) is 16.8. The number of nitrogens with zero attached hydrogens (tertiary/aromatic N) is 2. The van der Waals surface area contributed by atoms with Crippen LogP contribution in [0.15, 0.2) is 54.1 Å². The number of methoxy groups -OCH3 is 1. The number of carbonyl (C=O) groups excluding carboxylic acids is 1. The van der Waals surface area contributed by atoms with Crippen LogP contribution < -0.4 is 10.1 Å². The molecule has 156 valence electrons. The average molecular weight is 409 g/mol. The van der Waals surface area contributed by atoms with E-state index in [-0.39, 0.29) is 17.4 Å². The highest BCUT2D eigenvalue weighted by molar-refractivity contribution is 6.01. The third kappa shape index (κ3) is 5.66. The lowest BCUT2D eigenvalue weighted by atomic mass is 10.0. The van der Waals surface area contributed by atoms with Crippen molar-refractivity contribution in [1.29, 1.82) is 5.26 Å². The molecule has 0 radical (unpaired) electrons. The van der Waals surface area contributed by atoms with Gasteiger partial charge in [-0.3, -0.25) is 9.69 Å². The molecule has 0 spiro atoms. The van der Waals surface area contributed by atoms with Crippen LogP contribution in [0.2, 0.25) is 0 Å². The Bertz CT molecular complexity index is 914. The average Bonchev–Trinajstić information content (AvgIpc) is 2.79. The number of benzene rings is 2. The first-order valence-corrected chi connectivity index (χ1v) is 9.72. The maximum atomic E-state index is 13.4. The molecular weight excluding hydrogens is 385 g/mol. The van der Waals surface area contributed by atoms with Gasteiger partial charge in [-0.05, 0) is 41.5 Å². The quantitative estimate of drug-likeness (QED) is 0.562. The molecule has 6 nitrogen and oxygen atoms in total. The second-order valence-electron chi connectivity index (χ2n) is 6.87. The SMILES string of the molecule is COc1ccc(/C=C(\C#N)C(=O)NC[C@@H](c2ccc(F)cc2)N2CCOCC2)cc1. The Kier molecular flexibility index (Phi) is 7.55. The van der Waals surface area contributed by atoms with Crippen molar-refractivity contribution < 1.29 is 18.7 Å². The fraction of sp³-hybridized carbons (Fsp3) is 0.304. The van der Waals surface area contributed by atoms with Gasteiger partial charge in [0.2, 0.25) is 0 Å². The molecule has 0 aliphatic carbocycles. The van der Waals surface area contributed by atoms with Gasteiger partial charge < -0.3 is 14.8 Å². The van der Waals surface area contributed by atoms with E-state index in [1.165, 1.54) is 18.2 Å². The molecule has 0 bridgehead atoms. The maximum absolute atomic E-state index is 13.4. The summed E-state index contributed by atoms with van der Waals surface area (Å²) >= 11 is 0. The van der Waals surface area contributed by atoms with Gasteiger partial charge in [-0.25, -0.2) is 4.39 Å². The Hall–Kier alpha value is -3.21. The van der Waals surface area contributed by atoms with Crippen molar-refractivity contribution >= 4 is 12.0 Å². The summed E-state index contributed by atoms with van der Waals surface area (Å²) in [6.07, 6.45) is 1.54. The van der Waals surface area contributed by atoms with E-state index < -0.39 is 5.91 Å². The van der Waals surface area contributed by atoms with Gasteiger partial charge >= 0.3 is 0 Å². The van der Waals surface area contributed by atoms with E-state index in [1.54, 1.807) is 43.5 Å². The maximum Gasteiger partial charge on any atom is 0.262 e. The van der Waals surface area contributed by atoms with E-state index >= 15 is 0 Å². The van der Waals surface area contributed by atoms with Crippen molar-refractivity contribution in [3.8, 4) is 11.8 Å². The van der Waals surface area contributed by atoms with Crippen LogP contribution in [0.3, 0.4) is 0 Å². The number of hydrogen-bond donors (Lipinski definition) is 1. The van der Waals surface area contributed by atoms with Gasteiger partial charge in [-0.1, -0.05) is 24.3 Å². The number of hydrogen-bond acceptors (Lipinski definition) is 5. The minimum atomic E-state index is -0.450. The van der Waals surface area contributed by atoms with Crippen LogP contribution in [-0.4, -0.2) is 50.8 Å². The Morgan fingerprint density at radius 2 is 1.90 bits per heavy atom. The topological polar surface area (TPSA) is 74.6 Å². The van der Waals surface area contributed by atoms with Gasteiger partial charge in [-0.15, -0.1) is 0 Å². The molecular formula is C23H24FN3O3. The van der Waals surface area contributed by atoms with Gasteiger partial charge in [0.25, 0.3) is 5.91 Å². The van der Waals surface area contributed by atoms with Gasteiger partial charge in [-0.2, -0.15) is 5.26 Å². The summed E-state index contributed by atoms with van der Waals surface area (Å²) in [5.41, 5.74) is 1.64. The predicted octanol–water partition coefficient (Wildman–Crippen LogP) is 2.93. The molecule has 30 heavy (non-hydrogen) atoms. The van der Waals surface area contributed by atoms with Gasteiger partial charge in [0, 0.05) is 19.6 Å². The molecule has 7 heteroatoms. The van der Waals surface area contributed by atoms with Crippen molar-refractivity contribution in [2.75, 3.05) is 40.0 Å². The predicted molar refractivity (Wildman–Crippen MR) is 111 cm³/mol. The number of halogens is 1. The Labute approximate surface area is 175 Å². The molecule has 1 atom stereocenters. The number of ether oxygens (including phenoxy) is 2. The van der Waals surface area contributed by atoms with Crippen LogP contribution in [-0.2, 0) is 9.53 Å². The zero-order chi connectivity index (χ0) is 21.3. The smallest absolute Gasteiger partial charge is 0.262 e. The van der Waals surface area contributed by atoms with E-state index in [1.807, 2.05) is 6.07 Å². The lowest BCUT2D eigenvalue weighted by Gasteiger charge is -2.34. The highest BCUT2D eigenvalue weighted by Crippen LogP contribution is 2.22. The van der Waals surface area contributed by atoms with Crippen LogP contribution >= 0.6 is 0 Å². The fourth-order valence-corrected chi connectivity index (χ4v) is 3.33. The summed E-state index contributed by atoms with van der Waals surface area (Å²) in [4.78, 5) is 14.8. The van der Waals surface area contributed by atoms with Gasteiger partial charge in [0.05, 0.1) is 26.4 Å². The molecule has 1 amide bonds. The number of nitrogens with one attached hydrogen (secondary N) is 1. The summed E-state index contributed by atoms with van der Waals surface area (Å²) in [5, 5.41) is 12.3. The number of amides is 1. The fourth-order valence-electron chi connectivity index (χ4n) is 3.33. The number of carbonyl (C=O) groups is 1. The summed E-state index contributed by atoms with van der Waals surface area (Å²) < 4.78 is 23.9. The monoisotopic (exact) mass is 409 g/mol. The van der Waals surface area contributed by atoms with Crippen LogP contribution in [0.1, 0.15) is 17.2 Å². The molecule has 1 aliphatic heterocycles. The summed E-state index contributed by atoms with van der Waals surface area (Å²) in [5.74, 6) is -0.0610. The number of nitriles is 1. The third-order valence-electron chi connectivity index (χ3n) is 4.99. The van der Waals surface area contributed by atoms with Crippen LogP contribution in [0.4, 0.5) is 4.39 Å². The Morgan fingerprint density at radius 1 is 1.23 bits per heavy atom. The molecule has 0 unspecified atom stereocenters. The molecule has 1 heterocycles. The summed E-state index contributed by atoms with van der Waals surface area (Å²) in [6, 6.07) is 15.2. The van der Waals surface area contributed by atoms with E-state index in [0.717, 1.165) is 11.1 Å². The van der Waals surface area contributed by atoms with Gasteiger partial charge in [0.15, 0.2) is 0 Å². The van der Waals surface area contributed by atoms with Gasteiger partial charge in [0.1, 0.15) is 23.2 Å². The second-order valence-corrected chi connectivity index (χ2v) is 6.87. The summed E-state index contributed by atoms with van der Waals surface area (Å²) in [6.45, 7) is 2.93. The minimum absolute atomic E-state index is 0.0139. The van der Waals surface area contributed by atoms with E-state index in [2.05, 4.69) is 10.2 Å². The van der Waals surface area contributed by atoms with E-state index in [0.29, 0.717) is 38.6 Å². The second kappa shape index (κ2) is 10.5. The van der Waals surface area contributed by atoms with Crippen molar-refractivity contribution in [2.45, 2.75) is 6.04 Å². The van der Waals surface area contributed by atoms with E-state index in [4.69, 9.17) is 9.47 Å². The van der Waals surface area contributed by atoms with Crippen LogP contribution in [0.5, 0.6) is 5.75 Å². The van der Waals surface area contributed by atoms with Crippen molar-refractivity contribution in [2.24, 2.45) is 0 Å². The van der Waals surface area contributed by atoms with Crippen LogP contribution in [0, 0.1) is 17.1 Å². The van der Waals surface area contributed by atoms with Crippen molar-refractivity contribution in [3.05, 3.63) is 71.0 Å². The Morgan fingerprint density at radius 3 is 2.50 bits per heavy atom. The molecule has 1 saturated heterocycles. The van der Waals surface area contributed by atoms with Crippen LogP contribution in [0.25, 0.3) is 6.08 Å². The molecule has 1 aliphatic rings. The minimum Gasteiger partial charge on any atom is -0.497 e. The normalized spacial score (nSPS) is 15.8. The lowest BCUT2D eigenvalue weighted by molar-refractivity contribution is -0.117. The largest absolute Gasteiger partial charge is 0.497 e. The molecule has 0 saturated carbocycles. The lowest BCUT2D eigenvalue weighted by Crippen LogP contribution is -2.44. The molecule has 3 rings (SSSR count). The molecule has 0 aromatic heterocycles. The number of morpholine rings is 1. The first kappa shape index (κ1) is 21.5.